The molecule has 5 heteroatoms. The summed E-state index contributed by atoms with van der Waals surface area (Å²) in [5.41, 5.74) is 1.74. The van der Waals surface area contributed by atoms with E-state index in [-0.39, 0.29) is 5.91 Å². The first-order chi connectivity index (χ1) is 12.2. The normalized spacial score (nSPS) is 10.6. The highest BCUT2D eigenvalue weighted by atomic mass is 16.5. The van der Waals surface area contributed by atoms with E-state index in [0.29, 0.717) is 30.9 Å². The van der Waals surface area contributed by atoms with E-state index in [1.165, 1.54) is 0 Å². The van der Waals surface area contributed by atoms with Gasteiger partial charge in [-0.15, -0.1) is 0 Å². The van der Waals surface area contributed by atoms with Gasteiger partial charge in [0.1, 0.15) is 11.3 Å². The number of para-hydroxylation sites is 1. The van der Waals surface area contributed by atoms with Gasteiger partial charge in [-0.25, -0.2) is 0 Å². The summed E-state index contributed by atoms with van der Waals surface area (Å²) in [5.74, 6) is 2.10. The molecule has 5 nitrogen and oxygen atoms in total. The molecule has 3 aromatic rings. The largest absolute Gasteiger partial charge is 0.493 e. The Morgan fingerprint density at radius 1 is 1.04 bits per heavy atom. The Morgan fingerprint density at radius 3 is 2.60 bits per heavy atom. The van der Waals surface area contributed by atoms with Crippen LogP contribution in [0.4, 0.5) is 0 Å². The van der Waals surface area contributed by atoms with Crippen molar-refractivity contribution in [1.29, 1.82) is 0 Å². The van der Waals surface area contributed by atoms with Gasteiger partial charge in [0.25, 0.3) is 0 Å². The first kappa shape index (κ1) is 16.9. The zero-order chi connectivity index (χ0) is 17.6. The van der Waals surface area contributed by atoms with Crippen molar-refractivity contribution in [2.75, 3.05) is 20.8 Å². The summed E-state index contributed by atoms with van der Waals surface area (Å²) in [7, 11) is 3.16. The summed E-state index contributed by atoms with van der Waals surface area (Å²) in [4.78, 5) is 12.1. The number of nitrogens with one attached hydrogen (secondary N) is 1. The smallest absolute Gasteiger partial charge is 0.224 e. The summed E-state index contributed by atoms with van der Waals surface area (Å²) >= 11 is 0. The van der Waals surface area contributed by atoms with Gasteiger partial charge in [-0.05, 0) is 29.8 Å². The Kier molecular flexibility index (Phi) is 5.23. The first-order valence-corrected chi connectivity index (χ1v) is 8.14. The fourth-order valence-electron chi connectivity index (χ4n) is 2.72. The number of benzene rings is 2. The molecule has 0 spiro atoms. The summed E-state index contributed by atoms with van der Waals surface area (Å²) in [6.45, 7) is 0.534. The van der Waals surface area contributed by atoms with Crippen LogP contribution in [0.15, 0.2) is 52.9 Å². The number of rotatable bonds is 7. The van der Waals surface area contributed by atoms with Crippen molar-refractivity contribution in [1.82, 2.24) is 5.32 Å². The number of hydrogen-bond donors (Lipinski definition) is 1. The molecular weight excluding hydrogens is 318 g/mol. The third-order valence-corrected chi connectivity index (χ3v) is 3.98. The standard InChI is InChI=1S/C20H21NO4/c1-23-18-8-7-14(11-19(18)24-2)12-20(22)21-10-9-16-13-15-5-3-4-6-17(15)25-16/h3-8,11,13H,9-10,12H2,1-2H3,(H,21,22). The van der Waals surface area contributed by atoms with Crippen molar-refractivity contribution in [3.8, 4) is 11.5 Å². The molecule has 3 rings (SSSR count). The molecule has 25 heavy (non-hydrogen) atoms. The Morgan fingerprint density at radius 2 is 1.84 bits per heavy atom. The Hall–Kier alpha value is -2.95. The average molecular weight is 339 g/mol. The maximum atomic E-state index is 12.1. The van der Waals surface area contributed by atoms with Crippen LogP contribution in [0.2, 0.25) is 0 Å². The van der Waals surface area contributed by atoms with E-state index >= 15 is 0 Å². The number of furan rings is 1. The Bertz CT molecular complexity index is 836. The molecule has 0 bridgehead atoms. The number of carbonyl (C=O) groups is 1. The summed E-state index contributed by atoms with van der Waals surface area (Å²) in [5, 5.41) is 4.00. The number of ether oxygens (including phenoxy) is 2. The third-order valence-electron chi connectivity index (χ3n) is 3.98. The molecule has 0 unspecified atom stereocenters. The van der Waals surface area contributed by atoms with Crippen molar-refractivity contribution >= 4 is 16.9 Å². The van der Waals surface area contributed by atoms with E-state index in [1.54, 1.807) is 20.3 Å². The van der Waals surface area contributed by atoms with Crippen LogP contribution in [0.25, 0.3) is 11.0 Å². The number of amides is 1. The second kappa shape index (κ2) is 7.75. The minimum atomic E-state index is -0.0386. The molecule has 0 atom stereocenters. The number of carbonyl (C=O) groups excluding carboxylic acids is 1. The highest BCUT2D eigenvalue weighted by Gasteiger charge is 2.09. The fraction of sp³-hybridized carbons (Fsp3) is 0.250. The Balaban J connectivity index is 1.52. The van der Waals surface area contributed by atoms with E-state index in [1.807, 2.05) is 42.5 Å². The number of methoxy groups -OCH3 is 2. The lowest BCUT2D eigenvalue weighted by Crippen LogP contribution is -2.27. The van der Waals surface area contributed by atoms with Crippen LogP contribution in [-0.2, 0) is 17.6 Å². The van der Waals surface area contributed by atoms with Crippen LogP contribution in [0, 0.1) is 0 Å². The molecule has 130 valence electrons. The predicted octanol–water partition coefficient (Wildman–Crippen LogP) is 3.35. The van der Waals surface area contributed by atoms with Gasteiger partial charge in [-0.3, -0.25) is 4.79 Å². The topological polar surface area (TPSA) is 60.7 Å². The van der Waals surface area contributed by atoms with Gasteiger partial charge < -0.3 is 19.2 Å². The van der Waals surface area contributed by atoms with Crippen molar-refractivity contribution in [2.45, 2.75) is 12.8 Å². The summed E-state index contributed by atoms with van der Waals surface area (Å²) in [6, 6.07) is 15.4. The fourth-order valence-corrected chi connectivity index (χ4v) is 2.72. The summed E-state index contributed by atoms with van der Waals surface area (Å²) < 4.78 is 16.2. The van der Waals surface area contributed by atoms with Crippen molar-refractivity contribution in [3.05, 3.63) is 59.9 Å². The van der Waals surface area contributed by atoms with Crippen LogP contribution < -0.4 is 14.8 Å². The molecule has 1 heterocycles. The van der Waals surface area contributed by atoms with Gasteiger partial charge in [0.2, 0.25) is 5.91 Å². The van der Waals surface area contributed by atoms with Crippen LogP contribution in [0.3, 0.4) is 0 Å². The lowest BCUT2D eigenvalue weighted by atomic mass is 10.1. The second-order valence-electron chi connectivity index (χ2n) is 5.72. The first-order valence-electron chi connectivity index (χ1n) is 8.14. The van der Waals surface area contributed by atoms with Gasteiger partial charge in [-0.2, -0.15) is 0 Å². The Labute approximate surface area is 146 Å². The van der Waals surface area contributed by atoms with Gasteiger partial charge in [-0.1, -0.05) is 24.3 Å². The van der Waals surface area contributed by atoms with Crippen LogP contribution in [0.5, 0.6) is 11.5 Å². The number of fused-ring (bicyclic) bond motifs is 1. The van der Waals surface area contributed by atoms with Crippen LogP contribution >= 0.6 is 0 Å². The van der Waals surface area contributed by atoms with Crippen molar-refractivity contribution < 1.29 is 18.7 Å². The average Bonchev–Trinajstić information content (AvgIpc) is 3.04. The molecule has 1 N–H and O–H groups in total. The highest BCUT2D eigenvalue weighted by Crippen LogP contribution is 2.27. The monoisotopic (exact) mass is 339 g/mol. The molecule has 1 amide bonds. The zero-order valence-electron chi connectivity index (χ0n) is 14.4. The maximum absolute atomic E-state index is 12.1. The molecule has 1 aromatic heterocycles. The van der Waals surface area contributed by atoms with Crippen molar-refractivity contribution in [3.63, 3.8) is 0 Å². The quantitative estimate of drug-likeness (QED) is 0.717. The van der Waals surface area contributed by atoms with Gasteiger partial charge in [0.15, 0.2) is 11.5 Å². The minimum absolute atomic E-state index is 0.0386. The van der Waals surface area contributed by atoms with Gasteiger partial charge in [0.05, 0.1) is 20.6 Å². The van der Waals surface area contributed by atoms with Crippen molar-refractivity contribution in [2.24, 2.45) is 0 Å². The van der Waals surface area contributed by atoms with E-state index in [2.05, 4.69) is 5.32 Å². The number of hydrogen-bond acceptors (Lipinski definition) is 4. The zero-order valence-corrected chi connectivity index (χ0v) is 14.4. The third kappa shape index (κ3) is 4.12. The molecule has 0 aliphatic carbocycles. The van der Waals surface area contributed by atoms with Crippen LogP contribution in [0.1, 0.15) is 11.3 Å². The molecule has 0 radical (unpaired) electrons. The summed E-state index contributed by atoms with van der Waals surface area (Å²) in [6.07, 6.45) is 0.951. The lowest BCUT2D eigenvalue weighted by Gasteiger charge is -2.09. The predicted molar refractivity (Wildman–Crippen MR) is 96.2 cm³/mol. The van der Waals surface area contributed by atoms with Gasteiger partial charge in [0, 0.05) is 18.4 Å². The minimum Gasteiger partial charge on any atom is -0.493 e. The van der Waals surface area contributed by atoms with E-state index in [9.17, 15) is 4.79 Å². The molecule has 0 aliphatic rings. The maximum Gasteiger partial charge on any atom is 0.224 e. The SMILES string of the molecule is COc1ccc(CC(=O)NCCc2cc3ccccc3o2)cc1OC. The second-order valence-corrected chi connectivity index (χ2v) is 5.72. The van der Waals surface area contributed by atoms with E-state index in [0.717, 1.165) is 22.3 Å². The molecule has 0 fully saturated rings. The highest BCUT2D eigenvalue weighted by molar-refractivity contribution is 5.79. The molecule has 2 aromatic carbocycles. The van der Waals surface area contributed by atoms with E-state index in [4.69, 9.17) is 13.9 Å². The molecule has 0 saturated heterocycles. The molecular formula is C20H21NO4. The van der Waals surface area contributed by atoms with Crippen LogP contribution in [-0.4, -0.2) is 26.7 Å². The van der Waals surface area contributed by atoms with E-state index < -0.39 is 0 Å². The van der Waals surface area contributed by atoms with Gasteiger partial charge >= 0.3 is 0 Å². The molecule has 0 saturated carbocycles. The molecule has 0 aliphatic heterocycles. The lowest BCUT2D eigenvalue weighted by molar-refractivity contribution is -0.120.